The Bertz CT molecular complexity index is 1630. The number of aromatic amines is 1. The van der Waals surface area contributed by atoms with E-state index in [1.165, 1.54) is 12.5 Å². The summed E-state index contributed by atoms with van der Waals surface area (Å²) < 4.78 is 2.21. The fourth-order valence-corrected chi connectivity index (χ4v) is 8.85. The quantitative estimate of drug-likeness (QED) is 0.348. The Kier molecular flexibility index (Phi) is 7.16. The number of halogens is 2. The highest BCUT2D eigenvalue weighted by molar-refractivity contribution is 6.45. The zero-order chi connectivity index (χ0) is 31.2. The number of likely N-dealkylation sites (tertiary alicyclic amines) is 2. The largest absolute Gasteiger partial charge is 0.388 e. The fraction of sp³-hybridized carbons (Fsp3) is 0.606. The Balaban J connectivity index is 0.000000336. The van der Waals surface area contributed by atoms with Gasteiger partial charge < -0.3 is 19.8 Å². The second-order valence-electron chi connectivity index (χ2n) is 14.7. The highest BCUT2D eigenvalue weighted by Gasteiger charge is 2.58. The number of aromatic nitrogens is 4. The van der Waals surface area contributed by atoms with Gasteiger partial charge in [-0.05, 0) is 78.5 Å². The number of nitrogens with one attached hydrogen (secondary N) is 1. The molecule has 3 aliphatic heterocycles. The number of H-pyrrole nitrogens is 1. The zero-order valence-electron chi connectivity index (χ0n) is 26.2. The second kappa shape index (κ2) is 10.5. The summed E-state index contributed by atoms with van der Waals surface area (Å²) in [6.45, 7) is 14.9. The van der Waals surface area contributed by atoms with Crippen molar-refractivity contribution in [2.45, 2.75) is 76.5 Å². The number of fused-ring (bicyclic) bond motifs is 2. The van der Waals surface area contributed by atoms with Crippen molar-refractivity contribution in [1.29, 1.82) is 0 Å². The van der Waals surface area contributed by atoms with Gasteiger partial charge in [-0.15, -0.1) is 0 Å². The summed E-state index contributed by atoms with van der Waals surface area (Å²) in [4.78, 5) is 18.5. The van der Waals surface area contributed by atoms with Gasteiger partial charge in [-0.1, -0.05) is 29.8 Å². The molecular weight excluding hydrogens is 597 g/mol. The molecule has 5 aliphatic rings. The van der Waals surface area contributed by atoms with Crippen molar-refractivity contribution in [3.05, 3.63) is 40.7 Å². The maximum absolute atomic E-state index is 12.0. The Morgan fingerprint density at radius 3 is 2.52 bits per heavy atom. The van der Waals surface area contributed by atoms with Crippen molar-refractivity contribution < 1.29 is 9.90 Å². The van der Waals surface area contributed by atoms with E-state index >= 15 is 0 Å². The SMILES string of the molecule is C=CC(=O)N1CC2(CC(n3nc(N4CCCCC4(C)C)c(-c4c(Cl)c(Cl)cc5[nH]ncc45)c3C)C2)C1.CN1CC2CC2(O)C1. The average molecular weight is 641 g/mol. The maximum Gasteiger partial charge on any atom is 0.245 e. The first-order valence-corrected chi connectivity index (χ1v) is 16.6. The summed E-state index contributed by atoms with van der Waals surface area (Å²) in [6.07, 6.45) is 9.79. The van der Waals surface area contributed by atoms with Crippen molar-refractivity contribution in [2.24, 2.45) is 11.3 Å². The fourth-order valence-electron chi connectivity index (χ4n) is 8.40. The summed E-state index contributed by atoms with van der Waals surface area (Å²) in [5, 5.41) is 24.0. The number of likely N-dealkylation sites (N-methyl/N-ethyl adjacent to an activating group) is 1. The number of nitrogens with zero attached hydrogens (tertiary/aromatic N) is 6. The van der Waals surface area contributed by atoms with E-state index < -0.39 is 0 Å². The molecule has 9 nitrogen and oxygen atoms in total. The maximum atomic E-state index is 12.0. The van der Waals surface area contributed by atoms with Crippen LogP contribution in [0.5, 0.6) is 0 Å². The Morgan fingerprint density at radius 2 is 1.91 bits per heavy atom. The van der Waals surface area contributed by atoms with Crippen LogP contribution in [-0.2, 0) is 4.79 Å². The van der Waals surface area contributed by atoms with Crippen molar-refractivity contribution in [1.82, 2.24) is 29.8 Å². The van der Waals surface area contributed by atoms with Crippen LogP contribution in [0.4, 0.5) is 5.82 Å². The molecule has 8 rings (SSSR count). The van der Waals surface area contributed by atoms with E-state index in [-0.39, 0.29) is 22.5 Å². The van der Waals surface area contributed by atoms with Crippen LogP contribution < -0.4 is 4.90 Å². The molecule has 3 aromatic rings. The minimum absolute atomic E-state index is 0.0143. The molecule has 1 amide bonds. The molecule has 0 radical (unpaired) electrons. The van der Waals surface area contributed by atoms with E-state index in [1.54, 1.807) is 0 Å². The highest BCUT2D eigenvalue weighted by Crippen LogP contribution is 2.56. The predicted molar refractivity (Wildman–Crippen MR) is 175 cm³/mol. The van der Waals surface area contributed by atoms with Gasteiger partial charge in [0.15, 0.2) is 5.82 Å². The number of hydrogen-bond donors (Lipinski definition) is 2. The lowest BCUT2D eigenvalue weighted by atomic mass is 9.60. The molecule has 1 spiro atoms. The van der Waals surface area contributed by atoms with Gasteiger partial charge in [0.05, 0.1) is 33.4 Å². The molecule has 2 saturated carbocycles. The van der Waals surface area contributed by atoms with Crippen LogP contribution in [0.1, 0.15) is 64.1 Å². The average Bonchev–Trinajstić information content (AvgIpc) is 3.24. The molecular formula is C33H43Cl2N7O2. The third-order valence-electron chi connectivity index (χ3n) is 10.9. The van der Waals surface area contributed by atoms with E-state index in [0.717, 1.165) is 98.4 Å². The van der Waals surface area contributed by atoms with E-state index in [2.05, 4.69) is 59.1 Å². The third kappa shape index (κ3) is 4.86. The molecule has 5 heterocycles. The lowest BCUT2D eigenvalue weighted by Gasteiger charge is -2.58. The van der Waals surface area contributed by atoms with Crippen molar-refractivity contribution in [2.75, 3.05) is 44.7 Å². The van der Waals surface area contributed by atoms with Gasteiger partial charge in [-0.3, -0.25) is 14.6 Å². The van der Waals surface area contributed by atoms with Crippen molar-refractivity contribution in [3.8, 4) is 11.1 Å². The topological polar surface area (TPSA) is 93.5 Å². The van der Waals surface area contributed by atoms with Crippen LogP contribution in [0, 0.1) is 18.3 Å². The molecule has 5 fully saturated rings. The Labute approximate surface area is 269 Å². The van der Waals surface area contributed by atoms with Gasteiger partial charge in [-0.2, -0.15) is 10.2 Å². The standard InChI is InChI=1S/C27H32Cl2N6O.C6H11NO/c1-5-21(36)33-14-27(15-33)11-17(12-27)35-16(2)22(25(32-35)34-9-7-6-8-26(34,3)4)23-18-13-30-31-20(18)10-19(28)24(23)29;1-7-3-5-2-6(5,8)4-7/h5,10,13,17H,1,6-9,11-12,14-15H2,2-4H3,(H,30,31);5,8H,2-4H2,1H3. The van der Waals surface area contributed by atoms with Crippen LogP contribution in [0.2, 0.25) is 10.0 Å². The lowest BCUT2D eigenvalue weighted by Crippen LogP contribution is -2.63. The van der Waals surface area contributed by atoms with E-state index in [1.807, 2.05) is 17.2 Å². The van der Waals surface area contributed by atoms with E-state index in [0.29, 0.717) is 22.0 Å². The van der Waals surface area contributed by atoms with Crippen LogP contribution >= 0.6 is 23.2 Å². The smallest absolute Gasteiger partial charge is 0.245 e. The molecule has 11 heteroatoms. The first-order chi connectivity index (χ1) is 20.8. The van der Waals surface area contributed by atoms with Crippen molar-refractivity contribution in [3.63, 3.8) is 0 Å². The van der Waals surface area contributed by atoms with Crippen LogP contribution in [0.15, 0.2) is 24.9 Å². The van der Waals surface area contributed by atoms with E-state index in [4.69, 9.17) is 28.3 Å². The first kappa shape index (κ1) is 30.1. The molecule has 2 N–H and O–H groups in total. The van der Waals surface area contributed by atoms with Gasteiger partial charge in [0.1, 0.15) is 0 Å². The minimum atomic E-state index is -0.241. The summed E-state index contributed by atoms with van der Waals surface area (Å²) in [6, 6.07) is 2.13. The van der Waals surface area contributed by atoms with Crippen LogP contribution in [0.25, 0.3) is 22.0 Å². The van der Waals surface area contributed by atoms with Gasteiger partial charge >= 0.3 is 0 Å². The number of β-amino-alcohol motifs (C(OH)–C–C–N with tert-alkyl or cyclic N) is 1. The number of carbonyl (C=O) groups is 1. The molecule has 2 atom stereocenters. The molecule has 1 aromatic carbocycles. The first-order valence-electron chi connectivity index (χ1n) is 15.9. The Morgan fingerprint density at radius 1 is 1.16 bits per heavy atom. The normalized spacial score (nSPS) is 27.0. The van der Waals surface area contributed by atoms with E-state index in [9.17, 15) is 9.90 Å². The van der Waals surface area contributed by atoms with Gasteiger partial charge in [0.25, 0.3) is 0 Å². The van der Waals surface area contributed by atoms with Gasteiger partial charge in [0.2, 0.25) is 5.91 Å². The number of benzene rings is 1. The number of piperidine rings is 2. The summed E-state index contributed by atoms with van der Waals surface area (Å²) >= 11 is 13.5. The second-order valence-corrected chi connectivity index (χ2v) is 15.5. The van der Waals surface area contributed by atoms with Gasteiger partial charge in [-0.25, -0.2) is 0 Å². The zero-order valence-corrected chi connectivity index (χ0v) is 27.7. The number of anilines is 1. The molecule has 2 unspecified atom stereocenters. The number of hydrogen-bond acceptors (Lipinski definition) is 6. The van der Waals surface area contributed by atoms with Crippen molar-refractivity contribution >= 4 is 45.8 Å². The highest BCUT2D eigenvalue weighted by atomic mass is 35.5. The molecule has 0 bridgehead atoms. The van der Waals surface area contributed by atoms with Crippen LogP contribution in [0.3, 0.4) is 0 Å². The number of amides is 1. The van der Waals surface area contributed by atoms with Crippen LogP contribution in [-0.4, -0.2) is 91.7 Å². The number of rotatable bonds is 4. The summed E-state index contributed by atoms with van der Waals surface area (Å²) in [5.74, 6) is 1.62. The molecule has 3 saturated heterocycles. The Hall–Kier alpha value is -2.59. The third-order valence-corrected chi connectivity index (χ3v) is 11.7. The minimum Gasteiger partial charge on any atom is -0.388 e. The lowest BCUT2D eigenvalue weighted by molar-refractivity contribution is -0.149. The number of aliphatic hydroxyl groups is 1. The molecule has 2 aromatic heterocycles. The number of carbonyl (C=O) groups excluding carboxylic acids is 1. The summed E-state index contributed by atoms with van der Waals surface area (Å²) in [5.41, 5.74) is 3.85. The molecule has 2 aliphatic carbocycles. The van der Waals surface area contributed by atoms with Gasteiger partial charge in [0, 0.05) is 71.8 Å². The molecule has 236 valence electrons. The predicted octanol–water partition coefficient (Wildman–Crippen LogP) is 5.84. The summed E-state index contributed by atoms with van der Waals surface area (Å²) in [7, 11) is 2.06. The monoisotopic (exact) mass is 639 g/mol. The molecule has 44 heavy (non-hydrogen) atoms.